The lowest BCUT2D eigenvalue weighted by atomic mass is 10.0. The molecule has 3 nitrogen and oxygen atoms in total. The first-order valence-corrected chi connectivity index (χ1v) is 7.48. The third kappa shape index (κ3) is 1.98. The summed E-state index contributed by atoms with van der Waals surface area (Å²) in [5.41, 5.74) is 4.11. The smallest absolute Gasteiger partial charge is 0.231 e. The summed E-state index contributed by atoms with van der Waals surface area (Å²) in [6.07, 6.45) is 0. The number of halogens is 1. The number of nitrogens with zero attached hydrogens (tertiary/aromatic N) is 1. The predicted octanol–water partition coefficient (Wildman–Crippen LogP) is 4.70. The van der Waals surface area contributed by atoms with Gasteiger partial charge in [0.15, 0.2) is 11.5 Å². The molecule has 21 heavy (non-hydrogen) atoms. The number of benzene rings is 2. The Morgan fingerprint density at radius 2 is 1.86 bits per heavy atom. The highest BCUT2D eigenvalue weighted by Crippen LogP contribution is 2.39. The van der Waals surface area contributed by atoms with Gasteiger partial charge in [-0.25, -0.2) is 4.98 Å². The van der Waals surface area contributed by atoms with E-state index in [2.05, 4.69) is 28.9 Å². The van der Waals surface area contributed by atoms with Gasteiger partial charge in [-0.1, -0.05) is 18.2 Å². The lowest BCUT2D eigenvalue weighted by molar-refractivity contribution is 0.174. The first-order chi connectivity index (χ1) is 10.2. The standard InChI is InChI=1S/C17H12BrNO2/c1-10-12-4-2-3-5-13(12)19-17(16(10)18)11-6-7-14-15(8-11)21-9-20-14/h2-8H,9H2,1H3. The monoisotopic (exact) mass is 341 g/mol. The van der Waals surface area contributed by atoms with Crippen molar-refractivity contribution in [3.05, 3.63) is 52.5 Å². The molecule has 0 bridgehead atoms. The minimum Gasteiger partial charge on any atom is -0.454 e. The molecule has 0 aliphatic carbocycles. The van der Waals surface area contributed by atoms with Crippen molar-refractivity contribution in [2.45, 2.75) is 6.92 Å². The summed E-state index contributed by atoms with van der Waals surface area (Å²) < 4.78 is 11.8. The average molecular weight is 342 g/mol. The molecule has 0 saturated carbocycles. The molecule has 4 heteroatoms. The minimum absolute atomic E-state index is 0.282. The third-order valence-electron chi connectivity index (χ3n) is 3.72. The largest absolute Gasteiger partial charge is 0.454 e. The van der Waals surface area contributed by atoms with Crippen LogP contribution >= 0.6 is 15.9 Å². The van der Waals surface area contributed by atoms with Gasteiger partial charge in [-0.3, -0.25) is 0 Å². The molecule has 0 N–H and O–H groups in total. The SMILES string of the molecule is Cc1c(Br)c(-c2ccc3c(c2)OCO3)nc2ccccc12. The molecular weight excluding hydrogens is 330 g/mol. The third-order valence-corrected chi connectivity index (χ3v) is 4.69. The zero-order valence-corrected chi connectivity index (χ0v) is 13.0. The molecule has 1 aliphatic rings. The number of hydrogen-bond donors (Lipinski definition) is 0. The van der Waals surface area contributed by atoms with Crippen LogP contribution in [0.15, 0.2) is 46.9 Å². The highest BCUT2D eigenvalue weighted by Gasteiger charge is 2.17. The van der Waals surface area contributed by atoms with E-state index < -0.39 is 0 Å². The first-order valence-electron chi connectivity index (χ1n) is 6.69. The van der Waals surface area contributed by atoms with E-state index in [9.17, 15) is 0 Å². The van der Waals surface area contributed by atoms with E-state index >= 15 is 0 Å². The maximum Gasteiger partial charge on any atom is 0.231 e. The van der Waals surface area contributed by atoms with Crippen molar-refractivity contribution in [1.82, 2.24) is 4.98 Å². The average Bonchev–Trinajstić information content (AvgIpc) is 2.98. The quantitative estimate of drug-likeness (QED) is 0.642. The molecule has 0 atom stereocenters. The zero-order valence-electron chi connectivity index (χ0n) is 11.4. The number of ether oxygens (including phenoxy) is 2. The van der Waals surface area contributed by atoms with Gasteiger partial charge in [0.2, 0.25) is 6.79 Å². The molecule has 2 heterocycles. The molecule has 0 radical (unpaired) electrons. The molecule has 1 aliphatic heterocycles. The molecule has 0 unspecified atom stereocenters. The van der Waals surface area contributed by atoms with Gasteiger partial charge in [0.05, 0.1) is 11.2 Å². The highest BCUT2D eigenvalue weighted by molar-refractivity contribution is 9.10. The van der Waals surface area contributed by atoms with Crippen LogP contribution < -0.4 is 9.47 Å². The van der Waals surface area contributed by atoms with Gasteiger partial charge in [-0.05, 0) is 52.7 Å². The lowest BCUT2D eigenvalue weighted by Crippen LogP contribution is -1.93. The maximum atomic E-state index is 5.45. The summed E-state index contributed by atoms with van der Waals surface area (Å²) in [5, 5.41) is 1.16. The summed E-state index contributed by atoms with van der Waals surface area (Å²) >= 11 is 3.68. The topological polar surface area (TPSA) is 31.4 Å². The second kappa shape index (κ2) is 4.74. The summed E-state index contributed by atoms with van der Waals surface area (Å²) in [6.45, 7) is 2.38. The summed E-state index contributed by atoms with van der Waals surface area (Å²) in [4.78, 5) is 4.79. The van der Waals surface area contributed by atoms with Crippen LogP contribution in [0.2, 0.25) is 0 Å². The Morgan fingerprint density at radius 1 is 1.05 bits per heavy atom. The fourth-order valence-corrected chi connectivity index (χ4v) is 3.12. The number of hydrogen-bond acceptors (Lipinski definition) is 3. The van der Waals surface area contributed by atoms with Crippen molar-refractivity contribution >= 4 is 26.8 Å². The molecule has 0 fully saturated rings. The number of aromatic nitrogens is 1. The van der Waals surface area contributed by atoms with Crippen LogP contribution in [0.25, 0.3) is 22.2 Å². The van der Waals surface area contributed by atoms with Crippen molar-refractivity contribution in [3.63, 3.8) is 0 Å². The van der Waals surface area contributed by atoms with E-state index in [1.54, 1.807) is 0 Å². The Hall–Kier alpha value is -2.07. The molecule has 0 saturated heterocycles. The second-order valence-electron chi connectivity index (χ2n) is 4.98. The number of para-hydroxylation sites is 1. The molecule has 0 spiro atoms. The van der Waals surface area contributed by atoms with Gasteiger partial charge < -0.3 is 9.47 Å². The van der Waals surface area contributed by atoms with E-state index in [0.29, 0.717) is 0 Å². The van der Waals surface area contributed by atoms with Crippen molar-refractivity contribution < 1.29 is 9.47 Å². The van der Waals surface area contributed by atoms with Crippen molar-refractivity contribution in [3.8, 4) is 22.8 Å². The normalized spacial score (nSPS) is 12.9. The van der Waals surface area contributed by atoms with Crippen molar-refractivity contribution in [2.75, 3.05) is 6.79 Å². The van der Waals surface area contributed by atoms with Crippen molar-refractivity contribution in [2.24, 2.45) is 0 Å². The van der Waals surface area contributed by atoms with Crippen LogP contribution in [0.5, 0.6) is 11.5 Å². The molecular formula is C17H12BrNO2. The summed E-state index contributed by atoms with van der Waals surface area (Å²) in [5.74, 6) is 1.55. The molecule has 1 aromatic heterocycles. The summed E-state index contributed by atoms with van der Waals surface area (Å²) in [6, 6.07) is 14.1. The number of pyridine rings is 1. The van der Waals surface area contributed by atoms with Crippen LogP contribution in [0.3, 0.4) is 0 Å². The van der Waals surface area contributed by atoms with Gasteiger partial charge in [0, 0.05) is 15.4 Å². The predicted molar refractivity (Wildman–Crippen MR) is 85.7 cm³/mol. The van der Waals surface area contributed by atoms with Gasteiger partial charge in [-0.15, -0.1) is 0 Å². The molecule has 4 rings (SSSR count). The summed E-state index contributed by atoms with van der Waals surface area (Å²) in [7, 11) is 0. The van der Waals surface area contributed by atoms with Crippen LogP contribution in [-0.4, -0.2) is 11.8 Å². The lowest BCUT2D eigenvalue weighted by Gasteiger charge is -2.11. The Balaban J connectivity index is 1.96. The molecule has 0 amide bonds. The van der Waals surface area contributed by atoms with E-state index in [-0.39, 0.29) is 6.79 Å². The second-order valence-corrected chi connectivity index (χ2v) is 5.78. The Morgan fingerprint density at radius 3 is 2.76 bits per heavy atom. The molecule has 3 aromatic rings. The number of fused-ring (bicyclic) bond motifs is 2. The van der Waals surface area contributed by atoms with Gasteiger partial charge in [-0.2, -0.15) is 0 Å². The number of rotatable bonds is 1. The fourth-order valence-electron chi connectivity index (χ4n) is 2.59. The Kier molecular flexibility index (Phi) is 2.86. The van der Waals surface area contributed by atoms with E-state index in [1.807, 2.05) is 36.4 Å². The molecule has 2 aromatic carbocycles. The van der Waals surface area contributed by atoms with Crippen LogP contribution in [0.1, 0.15) is 5.56 Å². The van der Waals surface area contributed by atoms with E-state index in [4.69, 9.17) is 14.5 Å². The van der Waals surface area contributed by atoms with Gasteiger partial charge in [0.1, 0.15) is 0 Å². The van der Waals surface area contributed by atoms with Crippen LogP contribution in [0.4, 0.5) is 0 Å². The minimum atomic E-state index is 0.282. The molecule has 104 valence electrons. The van der Waals surface area contributed by atoms with Gasteiger partial charge in [0.25, 0.3) is 0 Å². The van der Waals surface area contributed by atoms with Crippen LogP contribution in [0, 0.1) is 6.92 Å². The van der Waals surface area contributed by atoms with E-state index in [0.717, 1.165) is 38.1 Å². The first kappa shape index (κ1) is 12.7. The Labute approximate surface area is 130 Å². The van der Waals surface area contributed by atoms with Crippen LogP contribution in [-0.2, 0) is 0 Å². The van der Waals surface area contributed by atoms with E-state index in [1.165, 1.54) is 5.56 Å². The zero-order chi connectivity index (χ0) is 14.4. The van der Waals surface area contributed by atoms with Crippen molar-refractivity contribution in [1.29, 1.82) is 0 Å². The van der Waals surface area contributed by atoms with Gasteiger partial charge >= 0.3 is 0 Å². The highest BCUT2D eigenvalue weighted by atomic mass is 79.9. The Bertz CT molecular complexity index is 861. The number of aryl methyl sites for hydroxylation is 1. The fraction of sp³-hybridized carbons (Fsp3) is 0.118. The maximum absolute atomic E-state index is 5.45.